The van der Waals surface area contributed by atoms with Crippen LogP contribution in [0.15, 0.2) is 23.0 Å². The number of rotatable bonds is 4. The number of aliphatic hydroxyl groups is 1. The van der Waals surface area contributed by atoms with E-state index in [1.165, 1.54) is 5.57 Å². The monoisotopic (exact) mass is 372 g/mol. The maximum atomic E-state index is 13.7. The van der Waals surface area contributed by atoms with Gasteiger partial charge in [-0.15, -0.1) is 0 Å². The van der Waals surface area contributed by atoms with E-state index in [1.54, 1.807) is 0 Å². The number of carbonyl (C=O) groups is 2. The average Bonchev–Trinajstić information content (AvgIpc) is 2.63. The van der Waals surface area contributed by atoms with Crippen molar-refractivity contribution in [2.45, 2.75) is 79.6 Å². The van der Waals surface area contributed by atoms with E-state index in [2.05, 4.69) is 33.8 Å². The van der Waals surface area contributed by atoms with Crippen LogP contribution in [-0.4, -0.2) is 16.7 Å². The van der Waals surface area contributed by atoms with E-state index >= 15 is 0 Å². The van der Waals surface area contributed by atoms with Gasteiger partial charge < -0.3 is 5.11 Å². The number of hydrogen-bond acceptors (Lipinski definition) is 3. The summed E-state index contributed by atoms with van der Waals surface area (Å²) in [6.07, 6.45) is 8.52. The van der Waals surface area contributed by atoms with Crippen LogP contribution in [0.2, 0.25) is 0 Å². The van der Waals surface area contributed by atoms with Gasteiger partial charge in [0.1, 0.15) is 5.78 Å². The zero-order valence-electron chi connectivity index (χ0n) is 17.7. The molecule has 0 radical (unpaired) electrons. The molecule has 0 aromatic rings. The molecule has 6 atom stereocenters. The fourth-order valence-corrected chi connectivity index (χ4v) is 6.12. The average molecular weight is 373 g/mol. The first-order valence-electron chi connectivity index (χ1n) is 10.8. The molecule has 3 aliphatic rings. The van der Waals surface area contributed by atoms with Crippen LogP contribution in [-0.2, 0) is 9.59 Å². The van der Waals surface area contributed by atoms with E-state index < -0.39 is 5.41 Å². The Labute approximate surface area is 164 Å². The predicted molar refractivity (Wildman–Crippen MR) is 108 cm³/mol. The first-order valence-corrected chi connectivity index (χ1v) is 10.8. The Morgan fingerprint density at radius 2 is 2.00 bits per heavy atom. The highest BCUT2D eigenvalue weighted by atomic mass is 16.3. The lowest BCUT2D eigenvalue weighted by atomic mass is 9.57. The van der Waals surface area contributed by atoms with Crippen LogP contribution in [0.4, 0.5) is 0 Å². The molecule has 2 fully saturated rings. The lowest BCUT2D eigenvalue weighted by Crippen LogP contribution is -2.50. The minimum atomic E-state index is -1.07. The highest BCUT2D eigenvalue weighted by molar-refractivity contribution is 6.14. The van der Waals surface area contributed by atoms with Crippen LogP contribution in [0, 0.1) is 35.0 Å². The molecule has 1 unspecified atom stereocenters. The van der Waals surface area contributed by atoms with Gasteiger partial charge >= 0.3 is 0 Å². The molecule has 2 saturated carbocycles. The van der Waals surface area contributed by atoms with Crippen LogP contribution in [0.3, 0.4) is 0 Å². The summed E-state index contributed by atoms with van der Waals surface area (Å²) in [6, 6.07) is 0. The molecule has 0 saturated heterocycles. The lowest BCUT2D eigenvalue weighted by molar-refractivity contribution is -0.149. The minimum Gasteiger partial charge on any atom is -0.504 e. The zero-order chi connectivity index (χ0) is 19.9. The van der Waals surface area contributed by atoms with Crippen molar-refractivity contribution in [2.75, 3.05) is 0 Å². The molecule has 0 aromatic heterocycles. The summed E-state index contributed by atoms with van der Waals surface area (Å²) in [5.74, 6) is 0.543. The van der Waals surface area contributed by atoms with Crippen molar-refractivity contribution in [1.29, 1.82) is 0 Å². The number of carbonyl (C=O) groups excluding carboxylic acids is 2. The summed E-state index contributed by atoms with van der Waals surface area (Å²) < 4.78 is 0. The predicted octanol–water partition coefficient (Wildman–Crippen LogP) is 5.80. The van der Waals surface area contributed by atoms with Crippen molar-refractivity contribution < 1.29 is 14.7 Å². The molecular weight excluding hydrogens is 336 g/mol. The van der Waals surface area contributed by atoms with Gasteiger partial charge in [0.15, 0.2) is 5.76 Å². The van der Waals surface area contributed by atoms with Gasteiger partial charge in [-0.05, 0) is 95.0 Å². The van der Waals surface area contributed by atoms with Crippen molar-refractivity contribution in [1.82, 2.24) is 0 Å². The number of ketones is 2. The van der Waals surface area contributed by atoms with Gasteiger partial charge in [0.2, 0.25) is 5.78 Å². The van der Waals surface area contributed by atoms with Gasteiger partial charge in [0.05, 0.1) is 5.41 Å². The Hall–Kier alpha value is -1.38. The number of hydrogen-bond donors (Lipinski definition) is 1. The lowest BCUT2D eigenvalue weighted by Gasteiger charge is -2.44. The maximum absolute atomic E-state index is 13.7. The number of Topliss-reactive ketones (excluding diaryl/α,β-unsaturated/α-hetero) is 2. The van der Waals surface area contributed by atoms with E-state index in [-0.39, 0.29) is 46.9 Å². The van der Waals surface area contributed by atoms with Crippen LogP contribution >= 0.6 is 0 Å². The van der Waals surface area contributed by atoms with Crippen LogP contribution in [0.5, 0.6) is 0 Å². The fraction of sp³-hybridized carbons (Fsp3) is 0.750. The third kappa shape index (κ3) is 3.43. The first kappa shape index (κ1) is 20.4. The first-order chi connectivity index (χ1) is 12.7. The largest absolute Gasteiger partial charge is 0.504 e. The van der Waals surface area contributed by atoms with Crippen LogP contribution in [0.25, 0.3) is 0 Å². The summed E-state index contributed by atoms with van der Waals surface area (Å²) in [4.78, 5) is 27.2. The number of allylic oxidation sites excluding steroid dienone is 4. The van der Waals surface area contributed by atoms with Gasteiger partial charge in [0, 0.05) is 5.92 Å². The molecule has 3 bridgehead atoms. The SMILES string of the molecule is CC(C)=CCCC(C)[C@H]1C[C@@H]2C[C@H](C)[C@H]3CCCC2=C(O)C(=O)[C@]1(C)C3=O. The van der Waals surface area contributed by atoms with E-state index in [1.807, 2.05) is 6.92 Å². The molecule has 0 spiro atoms. The Balaban J connectivity index is 2.05. The van der Waals surface area contributed by atoms with E-state index in [0.717, 1.165) is 50.5 Å². The summed E-state index contributed by atoms with van der Waals surface area (Å²) in [5.41, 5.74) is 1.19. The van der Waals surface area contributed by atoms with Gasteiger partial charge in [-0.25, -0.2) is 0 Å². The number of aliphatic hydroxyl groups excluding tert-OH is 1. The Kier molecular flexibility index (Phi) is 5.70. The molecular formula is C24H36O3. The van der Waals surface area contributed by atoms with Gasteiger partial charge in [-0.1, -0.05) is 25.5 Å². The van der Waals surface area contributed by atoms with Crippen LogP contribution < -0.4 is 0 Å². The molecule has 0 aromatic carbocycles. The van der Waals surface area contributed by atoms with Gasteiger partial charge in [0.25, 0.3) is 0 Å². The molecule has 0 heterocycles. The summed E-state index contributed by atoms with van der Waals surface area (Å²) >= 11 is 0. The molecule has 0 aliphatic heterocycles. The second-order valence-corrected chi connectivity index (χ2v) is 9.86. The molecule has 3 nitrogen and oxygen atoms in total. The topological polar surface area (TPSA) is 54.4 Å². The Bertz CT molecular complexity index is 682. The third-order valence-corrected chi connectivity index (χ3v) is 7.78. The van der Waals surface area contributed by atoms with Crippen molar-refractivity contribution in [3.05, 3.63) is 23.0 Å². The zero-order valence-corrected chi connectivity index (χ0v) is 17.7. The molecule has 1 N–H and O–H groups in total. The molecule has 150 valence electrons. The second kappa shape index (κ2) is 7.56. The minimum absolute atomic E-state index is 0.0146. The van der Waals surface area contributed by atoms with Crippen molar-refractivity contribution in [3.8, 4) is 0 Å². The van der Waals surface area contributed by atoms with Crippen LogP contribution in [0.1, 0.15) is 79.6 Å². The molecule has 3 rings (SSSR count). The Morgan fingerprint density at radius 3 is 2.67 bits per heavy atom. The van der Waals surface area contributed by atoms with Crippen molar-refractivity contribution in [3.63, 3.8) is 0 Å². The summed E-state index contributed by atoms with van der Waals surface area (Å²) in [6.45, 7) is 10.4. The van der Waals surface area contributed by atoms with E-state index in [9.17, 15) is 14.7 Å². The summed E-state index contributed by atoms with van der Waals surface area (Å²) in [5, 5.41) is 10.9. The normalized spacial score (nSPS) is 37.5. The number of fused-ring (bicyclic) bond motifs is 4. The standard InChI is InChI=1S/C24H36O3/c1-14(2)8-6-9-15(3)20-13-17-12-16(4)18-10-7-11-19(17)21(25)23(27)24(20,5)22(18)26/h8,15-18,20,25H,6-7,9-13H2,1-5H3/t15?,16-,17-,18+,20+,24-/m0/s1. The second-order valence-electron chi connectivity index (χ2n) is 9.86. The molecule has 3 heteroatoms. The third-order valence-electron chi connectivity index (χ3n) is 7.78. The smallest absolute Gasteiger partial charge is 0.210 e. The quantitative estimate of drug-likeness (QED) is 0.501. The van der Waals surface area contributed by atoms with Gasteiger partial charge in [-0.3, -0.25) is 9.59 Å². The highest BCUT2D eigenvalue weighted by Gasteiger charge is 2.57. The summed E-state index contributed by atoms with van der Waals surface area (Å²) in [7, 11) is 0. The van der Waals surface area contributed by atoms with Crippen molar-refractivity contribution in [2.24, 2.45) is 35.0 Å². The molecule has 3 aliphatic carbocycles. The molecule has 0 amide bonds. The maximum Gasteiger partial charge on any atom is 0.210 e. The van der Waals surface area contributed by atoms with E-state index in [4.69, 9.17) is 0 Å². The Morgan fingerprint density at radius 1 is 1.30 bits per heavy atom. The fourth-order valence-electron chi connectivity index (χ4n) is 6.12. The van der Waals surface area contributed by atoms with Crippen molar-refractivity contribution >= 4 is 11.6 Å². The molecule has 27 heavy (non-hydrogen) atoms. The van der Waals surface area contributed by atoms with E-state index in [0.29, 0.717) is 0 Å². The highest BCUT2D eigenvalue weighted by Crippen LogP contribution is 2.54. The van der Waals surface area contributed by atoms with Gasteiger partial charge in [-0.2, -0.15) is 0 Å².